The SMILES string of the molecule is O=C(CP(=O)(c1ccccc1)c1ccccc1)Nc1nccs1. The van der Waals surface area contributed by atoms with Gasteiger partial charge in [-0.1, -0.05) is 60.7 Å². The lowest BCUT2D eigenvalue weighted by Gasteiger charge is -2.18. The van der Waals surface area contributed by atoms with E-state index in [1.165, 1.54) is 11.3 Å². The Hall–Kier alpha value is -2.23. The van der Waals surface area contributed by atoms with E-state index >= 15 is 0 Å². The number of aromatic nitrogens is 1. The number of thiazole rings is 1. The fourth-order valence-electron chi connectivity index (χ4n) is 2.32. The molecule has 1 amide bonds. The number of amides is 1. The molecule has 0 bridgehead atoms. The summed E-state index contributed by atoms with van der Waals surface area (Å²) in [5, 5.41) is 6.37. The van der Waals surface area contributed by atoms with Crippen molar-refractivity contribution in [3.63, 3.8) is 0 Å². The topological polar surface area (TPSA) is 59.1 Å². The Kier molecular flexibility index (Phi) is 4.70. The number of carbonyl (C=O) groups is 1. The van der Waals surface area contributed by atoms with Crippen molar-refractivity contribution in [2.75, 3.05) is 11.5 Å². The van der Waals surface area contributed by atoms with Gasteiger partial charge in [-0.15, -0.1) is 11.3 Å². The van der Waals surface area contributed by atoms with Crippen molar-refractivity contribution < 1.29 is 9.36 Å². The third kappa shape index (κ3) is 3.58. The molecule has 0 saturated carbocycles. The maximum absolute atomic E-state index is 13.7. The lowest BCUT2D eigenvalue weighted by atomic mass is 10.4. The number of benzene rings is 2. The Bertz CT molecular complexity index is 777. The predicted molar refractivity (Wildman–Crippen MR) is 95.4 cm³/mol. The number of nitrogens with zero attached hydrogens (tertiary/aromatic N) is 1. The summed E-state index contributed by atoms with van der Waals surface area (Å²) >= 11 is 1.34. The molecular formula is C17H15N2O2PS. The van der Waals surface area contributed by atoms with Crippen LogP contribution in [0.1, 0.15) is 0 Å². The van der Waals surface area contributed by atoms with Crippen LogP contribution in [0.5, 0.6) is 0 Å². The van der Waals surface area contributed by atoms with Gasteiger partial charge in [0.25, 0.3) is 0 Å². The average molecular weight is 342 g/mol. The van der Waals surface area contributed by atoms with E-state index in [1.54, 1.807) is 11.6 Å². The largest absolute Gasteiger partial charge is 0.313 e. The summed E-state index contributed by atoms with van der Waals surface area (Å²) in [6, 6.07) is 18.3. The van der Waals surface area contributed by atoms with E-state index in [-0.39, 0.29) is 12.1 Å². The van der Waals surface area contributed by atoms with E-state index in [2.05, 4.69) is 10.3 Å². The smallest absolute Gasteiger partial charge is 0.234 e. The van der Waals surface area contributed by atoms with E-state index in [0.29, 0.717) is 15.7 Å². The van der Waals surface area contributed by atoms with Crippen LogP contribution in [0.4, 0.5) is 5.13 Å². The second-order valence-electron chi connectivity index (χ2n) is 4.95. The Morgan fingerprint density at radius 3 is 2.04 bits per heavy atom. The third-order valence-corrected chi connectivity index (χ3v) is 7.08. The molecule has 2 aromatic carbocycles. The Labute approximate surface area is 138 Å². The Morgan fingerprint density at radius 2 is 1.57 bits per heavy atom. The zero-order chi connectivity index (χ0) is 16.1. The summed E-state index contributed by atoms with van der Waals surface area (Å²) in [6.45, 7) is 0. The second kappa shape index (κ2) is 6.90. The van der Waals surface area contributed by atoms with Crippen molar-refractivity contribution in [1.29, 1.82) is 0 Å². The van der Waals surface area contributed by atoms with Gasteiger partial charge >= 0.3 is 0 Å². The first-order valence-corrected chi connectivity index (χ1v) is 9.85. The highest BCUT2D eigenvalue weighted by molar-refractivity contribution is 7.79. The van der Waals surface area contributed by atoms with Gasteiger partial charge in [-0.3, -0.25) is 4.79 Å². The summed E-state index contributed by atoms with van der Waals surface area (Å²) in [5.41, 5.74) is 0. The molecule has 0 atom stereocenters. The first-order chi connectivity index (χ1) is 11.2. The average Bonchev–Trinajstić information content (AvgIpc) is 3.09. The molecule has 1 N–H and O–H groups in total. The van der Waals surface area contributed by atoms with Crippen LogP contribution in [0.2, 0.25) is 0 Å². The van der Waals surface area contributed by atoms with Crippen molar-refractivity contribution in [1.82, 2.24) is 4.98 Å². The fourth-order valence-corrected chi connectivity index (χ4v) is 5.31. The molecule has 0 fully saturated rings. The summed E-state index contributed by atoms with van der Waals surface area (Å²) in [7, 11) is -3.03. The molecule has 0 aliphatic rings. The van der Waals surface area contributed by atoms with Crippen LogP contribution in [0.25, 0.3) is 0 Å². The highest BCUT2D eigenvalue weighted by Crippen LogP contribution is 2.43. The van der Waals surface area contributed by atoms with Crippen molar-refractivity contribution in [3.05, 3.63) is 72.2 Å². The molecule has 3 aromatic rings. The first kappa shape index (κ1) is 15.7. The molecule has 0 unspecified atom stereocenters. The number of nitrogens with one attached hydrogen (secondary N) is 1. The summed E-state index contributed by atoms with van der Waals surface area (Å²) in [6.07, 6.45) is 1.54. The third-order valence-electron chi connectivity index (χ3n) is 3.39. The molecule has 23 heavy (non-hydrogen) atoms. The summed E-state index contributed by atoms with van der Waals surface area (Å²) in [4.78, 5) is 16.4. The van der Waals surface area contributed by atoms with Crippen molar-refractivity contribution in [2.45, 2.75) is 0 Å². The van der Waals surface area contributed by atoms with Crippen LogP contribution in [0.15, 0.2) is 72.2 Å². The van der Waals surface area contributed by atoms with Crippen LogP contribution >= 0.6 is 18.5 Å². The molecule has 0 aliphatic carbocycles. The molecule has 1 aromatic heterocycles. The number of rotatable bonds is 5. The lowest BCUT2D eigenvalue weighted by molar-refractivity contribution is -0.113. The lowest BCUT2D eigenvalue weighted by Crippen LogP contribution is -2.26. The monoisotopic (exact) mass is 342 g/mol. The molecule has 116 valence electrons. The van der Waals surface area contributed by atoms with Crippen LogP contribution < -0.4 is 15.9 Å². The van der Waals surface area contributed by atoms with Crippen LogP contribution in [-0.4, -0.2) is 17.1 Å². The minimum Gasteiger partial charge on any atom is -0.313 e. The Morgan fingerprint density at radius 1 is 1.00 bits per heavy atom. The van der Waals surface area contributed by atoms with Crippen molar-refractivity contribution in [2.24, 2.45) is 0 Å². The van der Waals surface area contributed by atoms with E-state index in [1.807, 2.05) is 60.7 Å². The fraction of sp³-hybridized carbons (Fsp3) is 0.0588. The predicted octanol–water partition coefficient (Wildman–Crippen LogP) is 3.10. The van der Waals surface area contributed by atoms with Gasteiger partial charge in [0, 0.05) is 22.2 Å². The van der Waals surface area contributed by atoms with Crippen LogP contribution in [0, 0.1) is 0 Å². The zero-order valence-corrected chi connectivity index (χ0v) is 14.0. The van der Waals surface area contributed by atoms with Gasteiger partial charge < -0.3 is 9.88 Å². The standard InChI is InChI=1S/C17H15N2O2PS/c20-16(19-17-18-11-12-23-17)13-22(21,14-7-3-1-4-8-14)15-9-5-2-6-10-15/h1-12H,13H2,(H,18,19,20). The van der Waals surface area contributed by atoms with Gasteiger partial charge in [0.15, 0.2) is 12.3 Å². The van der Waals surface area contributed by atoms with Gasteiger partial charge in [0.1, 0.15) is 0 Å². The number of anilines is 1. The maximum Gasteiger partial charge on any atom is 0.234 e. The van der Waals surface area contributed by atoms with E-state index < -0.39 is 7.14 Å². The minimum atomic E-state index is -3.03. The molecule has 0 spiro atoms. The van der Waals surface area contributed by atoms with Crippen molar-refractivity contribution in [3.8, 4) is 0 Å². The number of hydrogen-bond acceptors (Lipinski definition) is 4. The molecule has 0 radical (unpaired) electrons. The summed E-state index contributed by atoms with van der Waals surface area (Å²) in [5.74, 6) is -0.295. The highest BCUT2D eigenvalue weighted by atomic mass is 32.1. The van der Waals surface area contributed by atoms with Crippen LogP contribution in [-0.2, 0) is 9.36 Å². The van der Waals surface area contributed by atoms with Gasteiger partial charge in [0.2, 0.25) is 5.91 Å². The molecule has 3 rings (SSSR count). The maximum atomic E-state index is 13.7. The van der Waals surface area contributed by atoms with E-state index in [4.69, 9.17) is 0 Å². The second-order valence-corrected chi connectivity index (χ2v) is 8.68. The van der Waals surface area contributed by atoms with E-state index in [9.17, 15) is 9.36 Å². The number of hydrogen-bond donors (Lipinski definition) is 1. The van der Waals surface area contributed by atoms with Gasteiger partial charge in [-0.25, -0.2) is 4.98 Å². The van der Waals surface area contributed by atoms with Crippen LogP contribution in [0.3, 0.4) is 0 Å². The molecule has 4 nitrogen and oxygen atoms in total. The van der Waals surface area contributed by atoms with Gasteiger partial charge in [-0.05, 0) is 0 Å². The van der Waals surface area contributed by atoms with Gasteiger partial charge in [-0.2, -0.15) is 0 Å². The molecular weight excluding hydrogens is 327 g/mol. The Balaban J connectivity index is 1.93. The molecule has 6 heteroatoms. The quantitative estimate of drug-likeness (QED) is 0.725. The minimum absolute atomic E-state index is 0.0827. The van der Waals surface area contributed by atoms with Gasteiger partial charge in [0.05, 0.1) is 6.16 Å². The normalized spacial score (nSPS) is 11.1. The van der Waals surface area contributed by atoms with Crippen molar-refractivity contribution >= 4 is 40.1 Å². The summed E-state index contributed by atoms with van der Waals surface area (Å²) < 4.78 is 13.7. The molecule has 1 heterocycles. The number of carbonyl (C=O) groups excluding carboxylic acids is 1. The highest BCUT2D eigenvalue weighted by Gasteiger charge is 2.30. The molecule has 0 aliphatic heterocycles. The molecule has 0 saturated heterocycles. The zero-order valence-electron chi connectivity index (χ0n) is 12.3. The first-order valence-electron chi connectivity index (χ1n) is 7.08. The van der Waals surface area contributed by atoms with E-state index in [0.717, 1.165) is 0 Å².